The minimum absolute atomic E-state index is 0.0444. The maximum absolute atomic E-state index is 13.3. The summed E-state index contributed by atoms with van der Waals surface area (Å²) in [6, 6.07) is 17.2. The van der Waals surface area contributed by atoms with Gasteiger partial charge in [-0.3, -0.25) is 14.1 Å². The second-order valence-corrected chi connectivity index (χ2v) is 8.68. The number of carbonyl (C=O) groups excluding carboxylic acids is 1. The van der Waals surface area contributed by atoms with E-state index in [0.29, 0.717) is 30.1 Å². The SMILES string of the molecule is COc1ccc(S(=O)(=O)N2CCc3ccccc32)cc1C(=O)NCc1ccccn1. The van der Waals surface area contributed by atoms with Crippen LogP contribution in [0.15, 0.2) is 71.8 Å². The summed E-state index contributed by atoms with van der Waals surface area (Å²) < 4.78 is 33.3. The molecule has 7 nitrogen and oxygen atoms in total. The van der Waals surface area contributed by atoms with Crippen molar-refractivity contribution in [2.24, 2.45) is 0 Å². The third-order valence-corrected chi connectivity index (χ3v) is 6.81. The Labute approximate surface area is 175 Å². The van der Waals surface area contributed by atoms with Gasteiger partial charge in [0.25, 0.3) is 15.9 Å². The highest BCUT2D eigenvalue weighted by Crippen LogP contribution is 2.33. The van der Waals surface area contributed by atoms with Crippen LogP contribution in [0.1, 0.15) is 21.6 Å². The minimum atomic E-state index is -3.81. The molecule has 0 fully saturated rings. The molecule has 0 bridgehead atoms. The van der Waals surface area contributed by atoms with Crippen LogP contribution in [0.4, 0.5) is 5.69 Å². The van der Waals surface area contributed by atoms with E-state index in [1.54, 1.807) is 24.4 Å². The Morgan fingerprint density at radius 1 is 1.13 bits per heavy atom. The molecule has 1 aromatic heterocycles. The van der Waals surface area contributed by atoms with Gasteiger partial charge in [0.1, 0.15) is 5.75 Å². The lowest BCUT2D eigenvalue weighted by Gasteiger charge is -2.20. The topological polar surface area (TPSA) is 88.6 Å². The number of pyridine rings is 1. The van der Waals surface area contributed by atoms with Crippen molar-refractivity contribution in [2.75, 3.05) is 18.0 Å². The van der Waals surface area contributed by atoms with Gasteiger partial charge in [-0.15, -0.1) is 0 Å². The summed E-state index contributed by atoms with van der Waals surface area (Å²) in [4.78, 5) is 17.0. The van der Waals surface area contributed by atoms with Crippen molar-refractivity contribution >= 4 is 21.6 Å². The average molecular weight is 423 g/mol. The smallest absolute Gasteiger partial charge is 0.264 e. The molecule has 0 unspecified atom stereocenters. The van der Waals surface area contributed by atoms with Crippen LogP contribution in [0.25, 0.3) is 0 Å². The molecule has 3 aromatic rings. The van der Waals surface area contributed by atoms with Crippen molar-refractivity contribution in [1.29, 1.82) is 0 Å². The molecule has 1 amide bonds. The number of hydrogen-bond donors (Lipinski definition) is 1. The fourth-order valence-electron chi connectivity index (χ4n) is 3.48. The standard InChI is InChI=1S/C22H21N3O4S/c1-29-21-10-9-18(14-19(21)22(26)24-15-17-7-4-5-12-23-17)30(27,28)25-13-11-16-6-2-3-8-20(16)25/h2-10,12,14H,11,13,15H2,1H3,(H,24,26). The van der Waals surface area contributed by atoms with Gasteiger partial charge in [0.15, 0.2) is 0 Å². The molecule has 2 heterocycles. The largest absolute Gasteiger partial charge is 0.496 e. The van der Waals surface area contributed by atoms with Crippen LogP contribution in [0, 0.1) is 0 Å². The second kappa shape index (κ2) is 8.16. The molecular weight excluding hydrogens is 402 g/mol. The Kier molecular flexibility index (Phi) is 5.41. The van der Waals surface area contributed by atoms with Gasteiger partial charge in [-0.25, -0.2) is 8.42 Å². The number of nitrogens with zero attached hydrogens (tertiary/aromatic N) is 2. The maximum atomic E-state index is 13.3. The van der Waals surface area contributed by atoms with Gasteiger partial charge in [0.05, 0.1) is 35.5 Å². The molecule has 4 rings (SSSR count). The summed E-state index contributed by atoms with van der Waals surface area (Å²) in [7, 11) is -2.37. The highest BCUT2D eigenvalue weighted by molar-refractivity contribution is 7.92. The first-order valence-electron chi connectivity index (χ1n) is 9.47. The van der Waals surface area contributed by atoms with Crippen LogP contribution in [-0.4, -0.2) is 33.0 Å². The Morgan fingerprint density at radius 2 is 1.93 bits per heavy atom. The molecule has 1 N–H and O–H groups in total. The van der Waals surface area contributed by atoms with Gasteiger partial charge in [-0.2, -0.15) is 0 Å². The predicted molar refractivity (Wildman–Crippen MR) is 113 cm³/mol. The zero-order chi connectivity index (χ0) is 21.1. The minimum Gasteiger partial charge on any atom is -0.496 e. The van der Waals surface area contributed by atoms with Crippen LogP contribution in [0.5, 0.6) is 5.75 Å². The fraction of sp³-hybridized carbons (Fsp3) is 0.182. The van der Waals surface area contributed by atoms with Crippen LogP contribution < -0.4 is 14.4 Å². The Hall–Kier alpha value is -3.39. The van der Waals surface area contributed by atoms with E-state index in [4.69, 9.17) is 4.74 Å². The normalized spacial score (nSPS) is 13.0. The summed E-state index contributed by atoms with van der Waals surface area (Å²) in [5.74, 6) is -0.134. The summed E-state index contributed by atoms with van der Waals surface area (Å²) in [5, 5.41) is 2.76. The number of amides is 1. The van der Waals surface area contributed by atoms with E-state index >= 15 is 0 Å². The van der Waals surface area contributed by atoms with Crippen molar-refractivity contribution in [3.05, 3.63) is 83.7 Å². The first-order chi connectivity index (χ1) is 14.5. The maximum Gasteiger partial charge on any atom is 0.264 e. The number of methoxy groups -OCH3 is 1. The summed E-state index contributed by atoms with van der Waals surface area (Å²) in [5.41, 5.74) is 2.52. The number of rotatable bonds is 6. The summed E-state index contributed by atoms with van der Waals surface area (Å²) in [6.07, 6.45) is 2.30. The zero-order valence-corrected chi connectivity index (χ0v) is 17.2. The molecule has 1 aliphatic rings. The van der Waals surface area contributed by atoms with Gasteiger partial charge in [-0.1, -0.05) is 24.3 Å². The van der Waals surface area contributed by atoms with E-state index in [1.807, 2.05) is 24.3 Å². The fourth-order valence-corrected chi connectivity index (χ4v) is 5.01. The number of aromatic nitrogens is 1. The van der Waals surface area contributed by atoms with Crippen molar-refractivity contribution in [3.63, 3.8) is 0 Å². The zero-order valence-electron chi connectivity index (χ0n) is 16.4. The molecule has 1 aliphatic heterocycles. The van der Waals surface area contributed by atoms with Crippen LogP contribution in [0.3, 0.4) is 0 Å². The number of benzene rings is 2. The van der Waals surface area contributed by atoms with E-state index in [0.717, 1.165) is 5.56 Å². The second-order valence-electron chi connectivity index (χ2n) is 6.82. The first-order valence-corrected chi connectivity index (χ1v) is 10.9. The number of nitrogens with one attached hydrogen (secondary N) is 1. The lowest BCUT2D eigenvalue weighted by Crippen LogP contribution is -2.30. The third kappa shape index (κ3) is 3.73. The molecule has 2 aromatic carbocycles. The highest BCUT2D eigenvalue weighted by Gasteiger charge is 2.31. The first kappa shape index (κ1) is 19.9. The molecule has 154 valence electrons. The lowest BCUT2D eigenvalue weighted by molar-refractivity contribution is 0.0947. The van der Waals surface area contributed by atoms with Crippen LogP contribution in [0.2, 0.25) is 0 Å². The average Bonchev–Trinajstić information content (AvgIpc) is 3.23. The van der Waals surface area contributed by atoms with Gasteiger partial charge in [0.2, 0.25) is 0 Å². The summed E-state index contributed by atoms with van der Waals surface area (Å²) in [6.45, 7) is 0.591. The molecule has 30 heavy (non-hydrogen) atoms. The molecule has 0 radical (unpaired) electrons. The molecule has 0 saturated heterocycles. The highest BCUT2D eigenvalue weighted by atomic mass is 32.2. The van der Waals surface area contributed by atoms with Crippen molar-refractivity contribution in [3.8, 4) is 5.75 Å². The lowest BCUT2D eigenvalue weighted by atomic mass is 10.2. The number of fused-ring (bicyclic) bond motifs is 1. The van der Waals surface area contributed by atoms with Crippen LogP contribution in [-0.2, 0) is 23.0 Å². The Balaban J connectivity index is 1.63. The molecule has 0 atom stereocenters. The van der Waals surface area contributed by atoms with Crippen molar-refractivity contribution in [1.82, 2.24) is 10.3 Å². The number of carbonyl (C=O) groups is 1. The molecule has 8 heteroatoms. The summed E-state index contributed by atoms with van der Waals surface area (Å²) >= 11 is 0. The van der Waals surface area contributed by atoms with Crippen LogP contribution >= 0.6 is 0 Å². The van der Waals surface area contributed by atoms with Crippen molar-refractivity contribution < 1.29 is 17.9 Å². The van der Waals surface area contributed by atoms with E-state index < -0.39 is 15.9 Å². The molecular formula is C22H21N3O4S. The number of sulfonamides is 1. The van der Waals surface area contributed by atoms with Gasteiger partial charge in [0, 0.05) is 12.7 Å². The quantitative estimate of drug-likeness (QED) is 0.659. The Morgan fingerprint density at radius 3 is 2.70 bits per heavy atom. The van der Waals surface area contributed by atoms with Crippen molar-refractivity contribution in [2.45, 2.75) is 17.9 Å². The molecule has 0 saturated carbocycles. The number of anilines is 1. The number of para-hydroxylation sites is 1. The van der Waals surface area contributed by atoms with E-state index in [2.05, 4.69) is 10.3 Å². The van der Waals surface area contributed by atoms with E-state index in [1.165, 1.54) is 29.6 Å². The van der Waals surface area contributed by atoms with Gasteiger partial charge < -0.3 is 10.1 Å². The molecule has 0 aliphatic carbocycles. The Bertz CT molecular complexity index is 1180. The number of hydrogen-bond acceptors (Lipinski definition) is 5. The van der Waals surface area contributed by atoms with E-state index in [-0.39, 0.29) is 17.0 Å². The number of ether oxygens (including phenoxy) is 1. The van der Waals surface area contributed by atoms with Gasteiger partial charge in [-0.05, 0) is 48.4 Å². The third-order valence-electron chi connectivity index (χ3n) is 5.00. The van der Waals surface area contributed by atoms with E-state index in [9.17, 15) is 13.2 Å². The predicted octanol–water partition coefficient (Wildman–Crippen LogP) is 2.77. The van der Waals surface area contributed by atoms with Gasteiger partial charge >= 0.3 is 0 Å². The monoisotopic (exact) mass is 423 g/mol. The molecule has 0 spiro atoms.